The molecule has 2 rings (SSSR count). The van der Waals surface area contributed by atoms with Crippen molar-refractivity contribution in [3.8, 4) is 0 Å². The van der Waals surface area contributed by atoms with Crippen molar-refractivity contribution < 1.29 is 13.2 Å². The van der Waals surface area contributed by atoms with Crippen LogP contribution in [0, 0.1) is 6.92 Å². The Kier molecular flexibility index (Phi) is 6.47. The van der Waals surface area contributed by atoms with E-state index in [2.05, 4.69) is 31.0 Å². The summed E-state index contributed by atoms with van der Waals surface area (Å²) >= 11 is 3.23. The van der Waals surface area contributed by atoms with Gasteiger partial charge >= 0.3 is 0 Å². The van der Waals surface area contributed by atoms with Crippen molar-refractivity contribution in [2.75, 3.05) is 6.54 Å². The Hall–Kier alpha value is -1.77. The van der Waals surface area contributed by atoms with Crippen molar-refractivity contribution >= 4 is 31.9 Å². The minimum atomic E-state index is -3.62. The number of carbonyl (C=O) groups excluding carboxylic acids is 1. The number of aryl methyl sites for hydroxylation is 1. The molecule has 2 N–H and O–H groups in total. The zero-order chi connectivity index (χ0) is 17.6. The van der Waals surface area contributed by atoms with Gasteiger partial charge in [0.05, 0.1) is 17.1 Å². The summed E-state index contributed by atoms with van der Waals surface area (Å²) in [4.78, 5) is 16.2. The molecule has 2 aromatic rings. The van der Waals surface area contributed by atoms with Crippen LogP contribution in [0.25, 0.3) is 0 Å². The quantitative estimate of drug-likeness (QED) is 0.730. The molecule has 1 aromatic heterocycles. The molecule has 0 aliphatic heterocycles. The summed E-state index contributed by atoms with van der Waals surface area (Å²) in [7, 11) is -3.62. The number of amides is 1. The predicted molar refractivity (Wildman–Crippen MR) is 94.8 cm³/mol. The van der Waals surface area contributed by atoms with Gasteiger partial charge in [-0.3, -0.25) is 9.78 Å². The van der Waals surface area contributed by atoms with Crippen LogP contribution >= 0.6 is 15.9 Å². The second-order valence-corrected chi connectivity index (χ2v) is 7.83. The second-order valence-electron chi connectivity index (χ2n) is 5.15. The summed E-state index contributed by atoms with van der Waals surface area (Å²) in [5, 5.41) is 2.73. The van der Waals surface area contributed by atoms with Crippen LogP contribution in [0.3, 0.4) is 0 Å². The van der Waals surface area contributed by atoms with Crippen molar-refractivity contribution in [3.05, 3.63) is 58.3 Å². The molecule has 0 saturated heterocycles. The maximum Gasteiger partial charge on any atom is 0.240 e. The van der Waals surface area contributed by atoms with E-state index in [1.165, 1.54) is 12.1 Å². The van der Waals surface area contributed by atoms with Gasteiger partial charge in [0.2, 0.25) is 15.9 Å². The Morgan fingerprint density at radius 1 is 1.25 bits per heavy atom. The zero-order valence-electron chi connectivity index (χ0n) is 13.1. The van der Waals surface area contributed by atoms with Crippen molar-refractivity contribution in [3.63, 3.8) is 0 Å². The molecule has 24 heavy (non-hydrogen) atoms. The lowest BCUT2D eigenvalue weighted by molar-refractivity contribution is -0.121. The molecule has 128 valence electrons. The third kappa shape index (κ3) is 5.40. The van der Waals surface area contributed by atoms with Gasteiger partial charge < -0.3 is 5.32 Å². The largest absolute Gasteiger partial charge is 0.350 e. The normalized spacial score (nSPS) is 11.2. The Morgan fingerprint density at radius 2 is 2.04 bits per heavy atom. The molecule has 0 radical (unpaired) electrons. The summed E-state index contributed by atoms with van der Waals surface area (Å²) < 4.78 is 27.3. The number of hydrogen-bond donors (Lipinski definition) is 2. The van der Waals surface area contributed by atoms with Gasteiger partial charge in [0, 0.05) is 23.6 Å². The lowest BCUT2D eigenvalue weighted by atomic mass is 10.2. The number of aromatic nitrogens is 1. The standard InChI is InChI=1S/C16H18BrN3O3S/c1-12-4-3-8-18-15(12)11-19-16(21)7-9-20-24(22,23)14-6-2-5-13(17)10-14/h2-6,8,10,20H,7,9,11H2,1H3,(H,19,21). The summed E-state index contributed by atoms with van der Waals surface area (Å²) in [6.45, 7) is 2.27. The number of benzene rings is 1. The summed E-state index contributed by atoms with van der Waals surface area (Å²) in [5.74, 6) is -0.239. The number of sulfonamides is 1. The molecule has 1 heterocycles. The predicted octanol–water partition coefficient (Wildman–Crippen LogP) is 2.14. The second kappa shape index (κ2) is 8.36. The van der Waals surface area contributed by atoms with E-state index in [9.17, 15) is 13.2 Å². The van der Waals surface area contributed by atoms with Crippen LogP contribution < -0.4 is 10.0 Å². The van der Waals surface area contributed by atoms with E-state index in [-0.39, 0.29) is 23.8 Å². The van der Waals surface area contributed by atoms with Gasteiger partial charge in [-0.15, -0.1) is 0 Å². The molecule has 0 unspecified atom stereocenters. The third-order valence-electron chi connectivity index (χ3n) is 3.32. The van der Waals surface area contributed by atoms with Gasteiger partial charge in [-0.25, -0.2) is 13.1 Å². The van der Waals surface area contributed by atoms with E-state index in [0.29, 0.717) is 11.0 Å². The zero-order valence-corrected chi connectivity index (χ0v) is 15.5. The molecule has 0 bridgehead atoms. The fourth-order valence-corrected chi connectivity index (χ4v) is 3.62. The monoisotopic (exact) mass is 411 g/mol. The topological polar surface area (TPSA) is 88.2 Å². The SMILES string of the molecule is Cc1cccnc1CNC(=O)CCNS(=O)(=O)c1cccc(Br)c1. The highest BCUT2D eigenvalue weighted by atomic mass is 79.9. The third-order valence-corrected chi connectivity index (χ3v) is 5.27. The van der Waals surface area contributed by atoms with Crippen LogP contribution in [0.5, 0.6) is 0 Å². The van der Waals surface area contributed by atoms with Gasteiger partial charge in [-0.1, -0.05) is 28.1 Å². The number of halogens is 1. The van der Waals surface area contributed by atoms with Crippen molar-refractivity contribution in [1.82, 2.24) is 15.0 Å². The number of pyridine rings is 1. The van der Waals surface area contributed by atoms with Crippen molar-refractivity contribution in [2.45, 2.75) is 24.8 Å². The number of hydrogen-bond acceptors (Lipinski definition) is 4. The smallest absolute Gasteiger partial charge is 0.240 e. The maximum atomic E-state index is 12.1. The molecule has 6 nitrogen and oxygen atoms in total. The maximum absolute atomic E-state index is 12.1. The molecular weight excluding hydrogens is 394 g/mol. The minimum Gasteiger partial charge on any atom is -0.350 e. The number of rotatable bonds is 7. The first-order chi connectivity index (χ1) is 11.4. The van der Waals surface area contributed by atoms with Crippen LogP contribution in [0.2, 0.25) is 0 Å². The summed E-state index contributed by atoms with van der Waals surface area (Å²) in [6.07, 6.45) is 1.72. The Bertz CT molecular complexity index is 825. The van der Waals surface area contributed by atoms with E-state index in [4.69, 9.17) is 0 Å². The highest BCUT2D eigenvalue weighted by molar-refractivity contribution is 9.10. The molecule has 0 fully saturated rings. The molecule has 0 atom stereocenters. The molecular formula is C16H18BrN3O3S. The minimum absolute atomic E-state index is 0.0296. The molecule has 0 aliphatic carbocycles. The number of nitrogens with zero attached hydrogens (tertiary/aromatic N) is 1. The average Bonchev–Trinajstić information content (AvgIpc) is 2.54. The van der Waals surface area contributed by atoms with Crippen LogP contribution in [-0.2, 0) is 21.4 Å². The number of carbonyl (C=O) groups is 1. The Labute approximate surface area is 149 Å². The van der Waals surface area contributed by atoms with Crippen molar-refractivity contribution in [2.24, 2.45) is 0 Å². The summed E-state index contributed by atoms with van der Waals surface area (Å²) in [5.41, 5.74) is 1.79. The lowest BCUT2D eigenvalue weighted by Gasteiger charge is -2.08. The fourth-order valence-electron chi connectivity index (χ4n) is 1.99. The van der Waals surface area contributed by atoms with E-state index < -0.39 is 10.0 Å². The van der Waals surface area contributed by atoms with Gasteiger partial charge in [-0.2, -0.15) is 0 Å². The molecule has 1 aromatic carbocycles. The van der Waals surface area contributed by atoms with Crippen LogP contribution in [0.15, 0.2) is 52.0 Å². The summed E-state index contributed by atoms with van der Waals surface area (Å²) in [6, 6.07) is 10.1. The molecule has 1 amide bonds. The Morgan fingerprint density at radius 3 is 2.75 bits per heavy atom. The number of nitrogens with one attached hydrogen (secondary N) is 2. The highest BCUT2D eigenvalue weighted by Gasteiger charge is 2.14. The van der Waals surface area contributed by atoms with Gasteiger partial charge in [0.25, 0.3) is 0 Å². The molecule has 0 aliphatic rings. The van der Waals surface area contributed by atoms with E-state index in [0.717, 1.165) is 11.3 Å². The molecule has 0 saturated carbocycles. The molecule has 8 heteroatoms. The molecule has 0 spiro atoms. The fraction of sp³-hybridized carbons (Fsp3) is 0.250. The van der Waals surface area contributed by atoms with E-state index >= 15 is 0 Å². The van der Waals surface area contributed by atoms with E-state index in [1.807, 2.05) is 19.1 Å². The van der Waals surface area contributed by atoms with Gasteiger partial charge in [0.1, 0.15) is 0 Å². The van der Waals surface area contributed by atoms with Gasteiger partial charge in [0.15, 0.2) is 0 Å². The van der Waals surface area contributed by atoms with E-state index in [1.54, 1.807) is 18.3 Å². The van der Waals surface area contributed by atoms with Crippen molar-refractivity contribution in [1.29, 1.82) is 0 Å². The first-order valence-corrected chi connectivity index (χ1v) is 9.58. The first-order valence-electron chi connectivity index (χ1n) is 7.31. The Balaban J connectivity index is 1.81. The van der Waals surface area contributed by atoms with Crippen LogP contribution in [-0.4, -0.2) is 25.9 Å². The highest BCUT2D eigenvalue weighted by Crippen LogP contribution is 2.15. The van der Waals surface area contributed by atoms with Crippen LogP contribution in [0.1, 0.15) is 17.7 Å². The van der Waals surface area contributed by atoms with Crippen LogP contribution in [0.4, 0.5) is 0 Å². The van der Waals surface area contributed by atoms with Gasteiger partial charge in [-0.05, 0) is 36.8 Å². The first kappa shape index (κ1) is 18.6. The average molecular weight is 412 g/mol. The lowest BCUT2D eigenvalue weighted by Crippen LogP contribution is -2.30.